The third-order valence-corrected chi connectivity index (χ3v) is 5.09. The number of alkyl halides is 3. The number of halogens is 6. The second-order valence-electron chi connectivity index (χ2n) is 5.31. The zero-order valence-corrected chi connectivity index (χ0v) is 16.2. The van der Waals surface area contributed by atoms with Gasteiger partial charge >= 0.3 is 6.18 Å². The summed E-state index contributed by atoms with van der Waals surface area (Å²) >= 11 is 18.4. The molecule has 0 spiro atoms. The van der Waals surface area contributed by atoms with Crippen LogP contribution >= 0.6 is 46.6 Å². The molecule has 0 unspecified atom stereocenters. The number of benzene rings is 2. The maximum atomic E-state index is 13.2. The molecule has 10 heteroatoms. The first-order valence-electron chi connectivity index (χ1n) is 7.25. The first-order valence-corrected chi connectivity index (χ1v) is 9.20. The molecule has 0 bridgehead atoms. The van der Waals surface area contributed by atoms with E-state index in [1.165, 1.54) is 18.2 Å². The van der Waals surface area contributed by atoms with Crippen molar-refractivity contribution in [1.82, 2.24) is 5.32 Å². The third kappa shape index (κ3) is 4.79. The van der Waals surface area contributed by atoms with Crippen LogP contribution in [0, 0.1) is 0 Å². The van der Waals surface area contributed by atoms with Gasteiger partial charge in [0.2, 0.25) is 0 Å². The molecule has 0 aromatic heterocycles. The highest BCUT2D eigenvalue weighted by atomic mass is 35.5. The Balaban J connectivity index is 1.93. The number of nitrogens with zero attached hydrogens (tertiary/aromatic N) is 1. The van der Waals surface area contributed by atoms with E-state index < -0.39 is 17.6 Å². The maximum Gasteiger partial charge on any atom is 0.418 e. The molecule has 0 atom stereocenters. The van der Waals surface area contributed by atoms with E-state index in [0.29, 0.717) is 15.6 Å². The highest BCUT2D eigenvalue weighted by Crippen LogP contribution is 2.39. The second kappa shape index (κ2) is 7.75. The monoisotopic (exact) mass is 450 g/mol. The Labute approximate surface area is 171 Å². The molecule has 3 rings (SSSR count). The molecule has 2 aromatic rings. The van der Waals surface area contributed by atoms with Crippen LogP contribution < -0.4 is 5.32 Å². The Morgan fingerprint density at radius 2 is 1.70 bits per heavy atom. The van der Waals surface area contributed by atoms with Crippen molar-refractivity contribution < 1.29 is 18.0 Å². The Hall–Kier alpha value is -1.67. The number of thioether (sulfide) groups is 1. The highest BCUT2D eigenvalue weighted by Gasteiger charge is 2.34. The van der Waals surface area contributed by atoms with Gasteiger partial charge in [-0.25, -0.2) is 4.99 Å². The lowest BCUT2D eigenvalue weighted by Gasteiger charge is -2.10. The van der Waals surface area contributed by atoms with Crippen LogP contribution in [0.5, 0.6) is 0 Å². The van der Waals surface area contributed by atoms with E-state index in [1.54, 1.807) is 12.1 Å². The molecular formula is C17H8Cl3F3N2OS. The lowest BCUT2D eigenvalue weighted by Crippen LogP contribution is -2.19. The van der Waals surface area contributed by atoms with Crippen LogP contribution in [0.15, 0.2) is 46.3 Å². The van der Waals surface area contributed by atoms with E-state index >= 15 is 0 Å². The minimum absolute atomic E-state index is 0.0177. The zero-order valence-electron chi connectivity index (χ0n) is 13.1. The number of aliphatic imine (C=N–C) groups is 1. The minimum Gasteiger partial charge on any atom is -0.300 e. The van der Waals surface area contributed by atoms with Crippen LogP contribution in [0.3, 0.4) is 0 Å². The van der Waals surface area contributed by atoms with E-state index in [-0.39, 0.29) is 20.8 Å². The summed E-state index contributed by atoms with van der Waals surface area (Å²) in [5.74, 6) is -0.493. The van der Waals surface area contributed by atoms with Crippen molar-refractivity contribution in [3.63, 3.8) is 0 Å². The molecule has 0 saturated carbocycles. The van der Waals surface area contributed by atoms with E-state index in [9.17, 15) is 18.0 Å². The summed E-state index contributed by atoms with van der Waals surface area (Å²) in [4.78, 5) is 16.3. The van der Waals surface area contributed by atoms with Crippen LogP contribution in [0.2, 0.25) is 15.1 Å². The Morgan fingerprint density at radius 3 is 2.37 bits per heavy atom. The number of amidine groups is 1. The summed E-state index contributed by atoms with van der Waals surface area (Å²) in [7, 11) is 0. The molecule has 1 heterocycles. The number of carbonyl (C=O) groups excluding carboxylic acids is 1. The van der Waals surface area contributed by atoms with Gasteiger partial charge in [0.25, 0.3) is 5.91 Å². The summed E-state index contributed by atoms with van der Waals surface area (Å²) in [5.41, 5.74) is -0.793. The Bertz CT molecular complexity index is 990. The zero-order chi connectivity index (χ0) is 19.8. The van der Waals surface area contributed by atoms with Crippen molar-refractivity contribution in [1.29, 1.82) is 0 Å². The lowest BCUT2D eigenvalue weighted by atomic mass is 10.2. The van der Waals surface area contributed by atoms with Gasteiger partial charge in [-0.05, 0) is 53.7 Å². The fourth-order valence-electron chi connectivity index (χ4n) is 2.18. The topological polar surface area (TPSA) is 41.5 Å². The second-order valence-corrected chi connectivity index (χ2v) is 7.62. The standard InChI is InChI=1S/C17H8Cl3F3N2OS/c18-9-3-4-13(11(6-9)17(21,22)23)24-16-25-15(26)14(27-16)5-8-1-2-10(19)7-12(8)20/h1-7H,(H,24,25,26). The van der Waals surface area contributed by atoms with Crippen LogP contribution in [0.4, 0.5) is 18.9 Å². The molecule has 1 N–H and O–H groups in total. The van der Waals surface area contributed by atoms with Gasteiger partial charge in [-0.2, -0.15) is 13.2 Å². The summed E-state index contributed by atoms with van der Waals surface area (Å²) in [6, 6.07) is 7.97. The van der Waals surface area contributed by atoms with Crippen LogP contribution in [-0.2, 0) is 11.0 Å². The van der Waals surface area contributed by atoms with Gasteiger partial charge in [0.15, 0.2) is 5.17 Å². The number of rotatable bonds is 2. The van der Waals surface area contributed by atoms with Crippen molar-refractivity contribution in [3.05, 3.63) is 67.5 Å². The molecule has 27 heavy (non-hydrogen) atoms. The van der Waals surface area contributed by atoms with Crippen molar-refractivity contribution in [2.45, 2.75) is 6.18 Å². The van der Waals surface area contributed by atoms with Gasteiger partial charge in [0.1, 0.15) is 0 Å². The fraction of sp³-hybridized carbons (Fsp3) is 0.0588. The smallest absolute Gasteiger partial charge is 0.300 e. The average molecular weight is 452 g/mol. The molecular weight excluding hydrogens is 444 g/mol. The molecule has 2 aromatic carbocycles. The fourth-order valence-corrected chi connectivity index (χ4v) is 3.64. The Kier molecular flexibility index (Phi) is 5.76. The molecule has 140 valence electrons. The van der Waals surface area contributed by atoms with Crippen molar-refractivity contribution in [2.24, 2.45) is 4.99 Å². The molecule has 1 saturated heterocycles. The van der Waals surface area contributed by atoms with Gasteiger partial charge in [0, 0.05) is 15.1 Å². The maximum absolute atomic E-state index is 13.2. The predicted molar refractivity (Wildman–Crippen MR) is 104 cm³/mol. The molecule has 1 fully saturated rings. The number of nitrogens with one attached hydrogen (secondary N) is 1. The average Bonchev–Trinajstić information content (AvgIpc) is 2.90. The van der Waals surface area contributed by atoms with Crippen LogP contribution in [0.25, 0.3) is 6.08 Å². The molecule has 1 aliphatic heterocycles. The van der Waals surface area contributed by atoms with E-state index in [4.69, 9.17) is 34.8 Å². The van der Waals surface area contributed by atoms with Gasteiger partial charge in [-0.3, -0.25) is 4.79 Å². The highest BCUT2D eigenvalue weighted by molar-refractivity contribution is 8.18. The number of carbonyl (C=O) groups is 1. The summed E-state index contributed by atoms with van der Waals surface area (Å²) in [5, 5.41) is 3.17. The van der Waals surface area contributed by atoms with Gasteiger partial charge in [-0.1, -0.05) is 40.9 Å². The SMILES string of the molecule is O=C1NC(=Nc2ccc(Cl)cc2C(F)(F)F)SC1=Cc1ccc(Cl)cc1Cl. The summed E-state index contributed by atoms with van der Waals surface area (Å²) in [6.07, 6.45) is -3.12. The van der Waals surface area contributed by atoms with Gasteiger partial charge in [-0.15, -0.1) is 0 Å². The Morgan fingerprint density at radius 1 is 1.04 bits per heavy atom. The summed E-state index contributed by atoms with van der Waals surface area (Å²) < 4.78 is 39.5. The lowest BCUT2D eigenvalue weighted by molar-refractivity contribution is -0.137. The first kappa shape index (κ1) is 20.1. The van der Waals surface area contributed by atoms with Crippen molar-refractivity contribution in [2.75, 3.05) is 0 Å². The van der Waals surface area contributed by atoms with Crippen LogP contribution in [0.1, 0.15) is 11.1 Å². The van der Waals surface area contributed by atoms with Crippen molar-refractivity contribution >= 4 is 69.4 Å². The third-order valence-electron chi connectivity index (χ3n) is 3.39. The minimum atomic E-state index is -4.63. The van der Waals surface area contributed by atoms with Gasteiger partial charge < -0.3 is 5.32 Å². The van der Waals surface area contributed by atoms with Gasteiger partial charge in [0.05, 0.1) is 16.2 Å². The molecule has 3 nitrogen and oxygen atoms in total. The van der Waals surface area contributed by atoms with Crippen LogP contribution in [-0.4, -0.2) is 11.1 Å². The molecule has 0 aliphatic carbocycles. The summed E-state index contributed by atoms with van der Waals surface area (Å²) in [6.45, 7) is 0. The largest absolute Gasteiger partial charge is 0.418 e. The molecule has 1 amide bonds. The number of hydrogen-bond acceptors (Lipinski definition) is 3. The number of amides is 1. The first-order chi connectivity index (χ1) is 12.6. The molecule has 1 aliphatic rings. The predicted octanol–water partition coefficient (Wildman–Crippen LogP) is 6.56. The van der Waals surface area contributed by atoms with Crippen molar-refractivity contribution in [3.8, 4) is 0 Å². The number of hydrogen-bond donors (Lipinski definition) is 1. The quantitative estimate of drug-likeness (QED) is 0.526. The van der Waals surface area contributed by atoms with E-state index in [0.717, 1.165) is 23.9 Å². The van der Waals surface area contributed by atoms with E-state index in [2.05, 4.69) is 10.3 Å². The van der Waals surface area contributed by atoms with E-state index in [1.807, 2.05) is 0 Å². The normalized spacial score (nSPS) is 17.6. The molecule has 0 radical (unpaired) electrons.